The molecule has 3 nitrogen and oxygen atoms in total. The van der Waals surface area contributed by atoms with E-state index < -0.39 is 5.54 Å². The molecule has 0 unspecified atom stereocenters. The Hall–Kier alpha value is -0.580. The van der Waals surface area contributed by atoms with Gasteiger partial charge in [0.25, 0.3) is 0 Å². The smallest absolute Gasteiger partial charge is 0.240 e. The van der Waals surface area contributed by atoms with Crippen molar-refractivity contribution in [1.82, 2.24) is 5.32 Å². The van der Waals surface area contributed by atoms with Gasteiger partial charge in [0, 0.05) is 16.4 Å². The van der Waals surface area contributed by atoms with Gasteiger partial charge in [-0.3, -0.25) is 4.79 Å². The van der Waals surface area contributed by atoms with E-state index in [0.29, 0.717) is 6.54 Å². The van der Waals surface area contributed by atoms with E-state index in [0.717, 1.165) is 43.0 Å². The van der Waals surface area contributed by atoms with Crippen molar-refractivity contribution < 1.29 is 4.79 Å². The highest BCUT2D eigenvalue weighted by molar-refractivity contribution is 9.10. The second kappa shape index (κ2) is 6.90. The van der Waals surface area contributed by atoms with E-state index in [1.807, 2.05) is 6.07 Å². The molecule has 2 saturated carbocycles. The fourth-order valence-electron chi connectivity index (χ4n) is 3.37. The van der Waals surface area contributed by atoms with Crippen LogP contribution in [0.4, 0.5) is 0 Å². The number of amides is 1. The minimum absolute atomic E-state index is 0. The van der Waals surface area contributed by atoms with E-state index >= 15 is 0 Å². The molecule has 3 rings (SSSR count). The highest BCUT2D eigenvalue weighted by atomic mass is 79.9. The zero-order valence-corrected chi connectivity index (χ0v) is 15.1. The number of carbonyl (C=O) groups excluding carboxylic acids is 1. The van der Waals surface area contributed by atoms with Crippen molar-refractivity contribution in [3.63, 3.8) is 0 Å². The third kappa shape index (κ3) is 3.66. The summed E-state index contributed by atoms with van der Waals surface area (Å²) in [4.78, 5) is 12.4. The maximum absolute atomic E-state index is 12.4. The van der Waals surface area contributed by atoms with E-state index in [9.17, 15) is 4.79 Å². The van der Waals surface area contributed by atoms with Gasteiger partial charge >= 0.3 is 0 Å². The standard InChI is InChI=1S/C17H23BrN2O.ClH/c18-14-6-4-5-13(11-14)16(9-10-16)12-20-15(21)17(19)7-2-1-3-8-17;/h4-6,11H,1-3,7-10,12,19H2,(H,20,21);1H. The van der Waals surface area contributed by atoms with Gasteiger partial charge < -0.3 is 11.1 Å². The first-order valence-electron chi connectivity index (χ1n) is 7.87. The summed E-state index contributed by atoms with van der Waals surface area (Å²) >= 11 is 3.53. The quantitative estimate of drug-likeness (QED) is 0.828. The highest BCUT2D eigenvalue weighted by Crippen LogP contribution is 2.48. The Labute approximate surface area is 147 Å². The minimum Gasteiger partial charge on any atom is -0.354 e. The lowest BCUT2D eigenvalue weighted by Gasteiger charge is -2.32. The lowest BCUT2D eigenvalue weighted by Crippen LogP contribution is -2.56. The van der Waals surface area contributed by atoms with Crippen LogP contribution in [0.25, 0.3) is 0 Å². The summed E-state index contributed by atoms with van der Waals surface area (Å²) in [5.41, 5.74) is 7.10. The molecule has 3 N–H and O–H groups in total. The summed E-state index contributed by atoms with van der Waals surface area (Å²) in [5, 5.41) is 3.13. The molecule has 122 valence electrons. The number of hydrogen-bond acceptors (Lipinski definition) is 2. The molecule has 0 heterocycles. The van der Waals surface area contributed by atoms with Crippen molar-refractivity contribution >= 4 is 34.2 Å². The fraction of sp³-hybridized carbons (Fsp3) is 0.588. The normalized spacial score (nSPS) is 21.5. The van der Waals surface area contributed by atoms with E-state index in [1.54, 1.807) is 0 Å². The summed E-state index contributed by atoms with van der Waals surface area (Å²) in [6.07, 6.45) is 7.27. The fourth-order valence-corrected chi connectivity index (χ4v) is 3.77. The van der Waals surface area contributed by atoms with Crippen LogP contribution in [-0.4, -0.2) is 18.0 Å². The summed E-state index contributed by atoms with van der Waals surface area (Å²) in [5.74, 6) is 0.0449. The second-order valence-electron chi connectivity index (χ2n) is 6.69. The predicted molar refractivity (Wildman–Crippen MR) is 95.3 cm³/mol. The minimum atomic E-state index is -0.633. The van der Waals surface area contributed by atoms with Crippen molar-refractivity contribution in [2.45, 2.75) is 55.9 Å². The molecule has 5 heteroatoms. The Kier molecular flexibility index (Phi) is 5.57. The summed E-state index contributed by atoms with van der Waals surface area (Å²) in [7, 11) is 0. The lowest BCUT2D eigenvalue weighted by molar-refractivity contribution is -0.127. The molecule has 1 aromatic carbocycles. The third-order valence-corrected chi connectivity index (χ3v) is 5.57. The Bertz CT molecular complexity index is 539. The molecule has 0 atom stereocenters. The molecule has 22 heavy (non-hydrogen) atoms. The molecule has 0 radical (unpaired) electrons. The zero-order chi connectivity index (χ0) is 14.9. The predicted octanol–water partition coefficient (Wildman–Crippen LogP) is 3.68. The van der Waals surface area contributed by atoms with Crippen molar-refractivity contribution in [3.8, 4) is 0 Å². The molecule has 1 amide bonds. The van der Waals surface area contributed by atoms with Crippen LogP contribution in [0.3, 0.4) is 0 Å². The maximum Gasteiger partial charge on any atom is 0.240 e. The molecule has 2 aliphatic carbocycles. The molecule has 2 aliphatic rings. The van der Waals surface area contributed by atoms with Crippen molar-refractivity contribution in [2.24, 2.45) is 5.73 Å². The van der Waals surface area contributed by atoms with Crippen molar-refractivity contribution in [2.75, 3.05) is 6.54 Å². The van der Waals surface area contributed by atoms with Crippen LogP contribution in [0.2, 0.25) is 0 Å². The third-order valence-electron chi connectivity index (χ3n) is 5.08. The van der Waals surface area contributed by atoms with Gasteiger partial charge in [-0.05, 0) is 43.4 Å². The van der Waals surface area contributed by atoms with Crippen molar-refractivity contribution in [3.05, 3.63) is 34.3 Å². The van der Waals surface area contributed by atoms with E-state index in [2.05, 4.69) is 39.4 Å². The van der Waals surface area contributed by atoms with Gasteiger partial charge in [0.1, 0.15) is 0 Å². The van der Waals surface area contributed by atoms with Crippen LogP contribution >= 0.6 is 28.3 Å². The monoisotopic (exact) mass is 386 g/mol. The van der Waals surface area contributed by atoms with Gasteiger partial charge in [-0.15, -0.1) is 12.4 Å². The number of hydrogen-bond donors (Lipinski definition) is 2. The summed E-state index contributed by atoms with van der Waals surface area (Å²) in [6.45, 7) is 0.710. The average Bonchev–Trinajstić information content (AvgIpc) is 3.27. The van der Waals surface area contributed by atoms with Gasteiger partial charge in [-0.25, -0.2) is 0 Å². The molecular weight excluding hydrogens is 364 g/mol. The Morgan fingerprint density at radius 1 is 1.18 bits per heavy atom. The SMILES string of the molecule is Cl.NC1(C(=O)NCC2(c3cccc(Br)c3)CC2)CCCCC1. The summed E-state index contributed by atoms with van der Waals surface area (Å²) < 4.78 is 1.10. The Morgan fingerprint density at radius 2 is 1.86 bits per heavy atom. The van der Waals surface area contributed by atoms with E-state index in [1.165, 1.54) is 12.0 Å². The van der Waals surface area contributed by atoms with Crippen LogP contribution in [-0.2, 0) is 10.2 Å². The van der Waals surface area contributed by atoms with Crippen LogP contribution in [0.15, 0.2) is 28.7 Å². The molecule has 0 bridgehead atoms. The highest BCUT2D eigenvalue weighted by Gasteiger charge is 2.45. The number of benzene rings is 1. The lowest BCUT2D eigenvalue weighted by atomic mass is 9.81. The van der Waals surface area contributed by atoms with Crippen LogP contribution in [0.1, 0.15) is 50.5 Å². The van der Waals surface area contributed by atoms with Gasteiger partial charge in [-0.1, -0.05) is 47.3 Å². The molecule has 0 aromatic heterocycles. The molecule has 0 aliphatic heterocycles. The number of nitrogens with two attached hydrogens (primary N) is 1. The Balaban J connectivity index is 0.00000176. The van der Waals surface area contributed by atoms with Crippen LogP contribution < -0.4 is 11.1 Å². The number of carbonyl (C=O) groups is 1. The first-order valence-corrected chi connectivity index (χ1v) is 8.67. The van der Waals surface area contributed by atoms with Crippen molar-refractivity contribution in [1.29, 1.82) is 0 Å². The van der Waals surface area contributed by atoms with Gasteiger partial charge in [0.05, 0.1) is 5.54 Å². The number of halogens is 2. The average molecular weight is 388 g/mol. The first-order chi connectivity index (χ1) is 10.0. The van der Waals surface area contributed by atoms with E-state index in [4.69, 9.17) is 5.73 Å². The molecule has 0 spiro atoms. The molecule has 2 fully saturated rings. The summed E-state index contributed by atoms with van der Waals surface area (Å²) in [6, 6.07) is 8.42. The first kappa shape index (κ1) is 17.8. The van der Waals surface area contributed by atoms with E-state index in [-0.39, 0.29) is 23.7 Å². The van der Waals surface area contributed by atoms with Gasteiger partial charge in [0.15, 0.2) is 0 Å². The number of rotatable bonds is 4. The van der Waals surface area contributed by atoms with Gasteiger partial charge in [0.2, 0.25) is 5.91 Å². The largest absolute Gasteiger partial charge is 0.354 e. The number of nitrogens with one attached hydrogen (secondary N) is 1. The second-order valence-corrected chi connectivity index (χ2v) is 7.61. The molecule has 0 saturated heterocycles. The Morgan fingerprint density at radius 3 is 2.45 bits per heavy atom. The maximum atomic E-state index is 12.4. The molecular formula is C17H24BrClN2O. The van der Waals surface area contributed by atoms with Gasteiger partial charge in [-0.2, -0.15) is 0 Å². The van der Waals surface area contributed by atoms with Crippen LogP contribution in [0, 0.1) is 0 Å². The molecule has 1 aromatic rings. The van der Waals surface area contributed by atoms with Crippen LogP contribution in [0.5, 0.6) is 0 Å². The topological polar surface area (TPSA) is 55.1 Å². The zero-order valence-electron chi connectivity index (χ0n) is 12.7.